The first-order valence-corrected chi connectivity index (χ1v) is 6.17. The Hall–Kier alpha value is 0.750. The third-order valence-corrected chi connectivity index (χ3v) is 2.15. The van der Waals surface area contributed by atoms with Gasteiger partial charge in [-0.1, -0.05) is 0 Å². The van der Waals surface area contributed by atoms with E-state index in [9.17, 15) is 9.36 Å². The summed E-state index contributed by atoms with van der Waals surface area (Å²) in [4.78, 5) is 32.1. The van der Waals surface area contributed by atoms with Crippen LogP contribution in [0.3, 0.4) is 0 Å². The Kier molecular flexibility index (Phi) is 11.2. The molecule has 0 fully saturated rings. The number of anilines is 1. The summed E-state index contributed by atoms with van der Waals surface area (Å²) >= 11 is 0. The van der Waals surface area contributed by atoms with Crippen LogP contribution in [0, 0.1) is 0 Å². The molecule has 0 saturated carbocycles. The Morgan fingerprint density at radius 1 is 1.53 bits per heavy atom. The van der Waals surface area contributed by atoms with Gasteiger partial charge < -0.3 is 25.0 Å². The van der Waals surface area contributed by atoms with Crippen LogP contribution in [0.5, 0.6) is 0 Å². The van der Waals surface area contributed by atoms with Gasteiger partial charge in [0.25, 0.3) is 0 Å². The molecule has 0 spiro atoms. The quantitative estimate of drug-likeness (QED) is 0.316. The number of hydrogen-bond acceptors (Lipinski definition) is 6. The minimum atomic E-state index is -4.34. The molecule has 0 saturated heterocycles. The Balaban J connectivity index is 0. The Morgan fingerprint density at radius 3 is 2.53 bits per heavy atom. The molecular formula is C7H14N3Na2O6P. The molecule has 1 rings (SSSR count). The molecule has 12 heteroatoms. The van der Waals surface area contributed by atoms with Gasteiger partial charge in [-0.15, -0.1) is 0 Å². The molecule has 9 nitrogen and oxygen atoms in total. The van der Waals surface area contributed by atoms with Crippen LogP contribution in [0.25, 0.3) is 0 Å². The number of rotatable bonds is 5. The minimum absolute atomic E-state index is 0. The Morgan fingerprint density at radius 2 is 2.11 bits per heavy atom. The molecule has 1 atom stereocenters. The fraction of sp³-hybridized carbons (Fsp3) is 0.429. The maximum absolute atomic E-state index is 11.4. The van der Waals surface area contributed by atoms with E-state index < -0.39 is 26.0 Å². The van der Waals surface area contributed by atoms with Gasteiger partial charge in [0.1, 0.15) is 5.82 Å². The van der Waals surface area contributed by atoms with Gasteiger partial charge in [-0.25, -0.2) is 9.36 Å². The van der Waals surface area contributed by atoms with Crippen molar-refractivity contribution in [2.45, 2.75) is 6.41 Å². The average Bonchev–Trinajstić information content (AvgIpc) is 2.19. The Bertz CT molecular complexity index is 492. The standard InChI is InChI=1S/C7H12N3O6P.2Na.2H/c1-15-7(16-4-17(12,13)14)10-3-2-5(8)9-6(10)11;;;;/h2-3,7H,4H2,1H3,(H2,8,9,11)(H2,12,13,14);;;;. The summed E-state index contributed by atoms with van der Waals surface area (Å²) in [5.41, 5.74) is 4.53. The van der Waals surface area contributed by atoms with Crippen LogP contribution in [0.15, 0.2) is 17.1 Å². The molecule has 0 bridgehead atoms. The summed E-state index contributed by atoms with van der Waals surface area (Å²) in [5.74, 6) is 0.0242. The van der Waals surface area contributed by atoms with Crippen molar-refractivity contribution in [3.63, 3.8) is 0 Å². The van der Waals surface area contributed by atoms with Crippen LogP contribution in [-0.4, -0.2) is 91.9 Å². The van der Waals surface area contributed by atoms with E-state index >= 15 is 0 Å². The molecule has 4 N–H and O–H groups in total. The second kappa shape index (κ2) is 9.64. The van der Waals surface area contributed by atoms with Crippen molar-refractivity contribution in [1.82, 2.24) is 9.55 Å². The molecule has 1 heterocycles. The van der Waals surface area contributed by atoms with Gasteiger partial charge in [0.15, 0.2) is 6.35 Å². The maximum atomic E-state index is 11.4. The van der Waals surface area contributed by atoms with Gasteiger partial charge in [-0.2, -0.15) is 4.98 Å². The second-order valence-electron chi connectivity index (χ2n) is 3.05. The summed E-state index contributed by atoms with van der Waals surface area (Å²) in [6.07, 6.45) is -0.899. The summed E-state index contributed by atoms with van der Waals surface area (Å²) in [6, 6.07) is 1.33. The molecular weight excluding hydrogens is 299 g/mol. The van der Waals surface area contributed by atoms with Crippen molar-refractivity contribution < 1.29 is 23.8 Å². The Labute approximate surface area is 153 Å². The van der Waals surface area contributed by atoms with Crippen LogP contribution >= 0.6 is 7.60 Å². The van der Waals surface area contributed by atoms with Crippen molar-refractivity contribution in [2.24, 2.45) is 0 Å². The predicted molar refractivity (Wildman–Crippen MR) is 71.2 cm³/mol. The normalized spacial score (nSPS) is 12.2. The van der Waals surface area contributed by atoms with Gasteiger partial charge in [-0.05, 0) is 6.07 Å². The van der Waals surface area contributed by atoms with Crippen molar-refractivity contribution in [2.75, 3.05) is 19.2 Å². The van der Waals surface area contributed by atoms with E-state index in [4.69, 9.17) is 25.0 Å². The fourth-order valence-corrected chi connectivity index (χ4v) is 1.33. The van der Waals surface area contributed by atoms with E-state index in [-0.39, 0.29) is 64.9 Å². The number of hydrogen-bond donors (Lipinski definition) is 3. The monoisotopic (exact) mass is 313 g/mol. The number of nitrogens with zero attached hydrogens (tertiary/aromatic N) is 2. The van der Waals surface area contributed by atoms with E-state index in [1.807, 2.05) is 0 Å². The van der Waals surface area contributed by atoms with Gasteiger partial charge in [0.2, 0.25) is 6.41 Å². The predicted octanol–water partition coefficient (Wildman–Crippen LogP) is -2.22. The SMILES string of the molecule is COC(OCP(=O)(O)O)n1ccc(N)nc1=O.[NaH].[NaH]. The summed E-state index contributed by atoms with van der Waals surface area (Å²) in [6.45, 7) is 0. The first kappa shape index (κ1) is 22.0. The van der Waals surface area contributed by atoms with Crippen molar-refractivity contribution in [1.29, 1.82) is 0 Å². The summed E-state index contributed by atoms with van der Waals surface area (Å²) < 4.78 is 21.0. The summed E-state index contributed by atoms with van der Waals surface area (Å²) in [7, 11) is -3.13. The third-order valence-electron chi connectivity index (χ3n) is 1.67. The van der Waals surface area contributed by atoms with Crippen LogP contribution < -0.4 is 11.4 Å². The van der Waals surface area contributed by atoms with E-state index in [2.05, 4.69) is 4.98 Å². The first-order valence-electron chi connectivity index (χ1n) is 4.37. The third kappa shape index (κ3) is 7.93. The topological polar surface area (TPSA) is 137 Å². The number of ether oxygens (including phenoxy) is 2. The van der Waals surface area contributed by atoms with Gasteiger partial charge in [-0.3, -0.25) is 4.57 Å². The van der Waals surface area contributed by atoms with Gasteiger partial charge >= 0.3 is 72.4 Å². The molecule has 100 valence electrons. The first-order chi connectivity index (χ1) is 7.83. The molecule has 0 amide bonds. The van der Waals surface area contributed by atoms with Crippen LogP contribution in [0.4, 0.5) is 5.82 Å². The van der Waals surface area contributed by atoms with Gasteiger partial charge in [0.05, 0.1) is 0 Å². The molecule has 0 aliphatic rings. The number of methoxy groups -OCH3 is 1. The van der Waals surface area contributed by atoms with Crippen LogP contribution in [0.2, 0.25) is 0 Å². The van der Waals surface area contributed by atoms with E-state index in [1.54, 1.807) is 0 Å². The molecule has 0 aromatic carbocycles. The molecule has 0 aliphatic carbocycles. The van der Waals surface area contributed by atoms with Crippen molar-refractivity contribution >= 4 is 72.5 Å². The average molecular weight is 313 g/mol. The van der Waals surface area contributed by atoms with Crippen LogP contribution in [0.1, 0.15) is 6.41 Å². The molecule has 0 radical (unpaired) electrons. The van der Waals surface area contributed by atoms with Gasteiger partial charge in [0, 0.05) is 13.3 Å². The van der Waals surface area contributed by atoms with Crippen molar-refractivity contribution in [3.8, 4) is 0 Å². The summed E-state index contributed by atoms with van der Waals surface area (Å²) in [5, 5.41) is 0. The zero-order valence-corrected chi connectivity index (χ0v) is 9.78. The molecule has 1 aromatic heterocycles. The number of nitrogens with two attached hydrogens (primary N) is 1. The fourth-order valence-electron chi connectivity index (χ4n) is 1.01. The van der Waals surface area contributed by atoms with E-state index in [0.29, 0.717) is 0 Å². The molecule has 1 aromatic rings. The second-order valence-corrected chi connectivity index (χ2v) is 4.63. The zero-order chi connectivity index (χ0) is 13.1. The van der Waals surface area contributed by atoms with Crippen molar-refractivity contribution in [3.05, 3.63) is 22.7 Å². The molecule has 1 unspecified atom stereocenters. The number of nitrogen functional groups attached to an aromatic ring is 1. The van der Waals surface area contributed by atoms with E-state index in [0.717, 1.165) is 4.57 Å². The zero-order valence-electron chi connectivity index (χ0n) is 8.89. The number of aromatic nitrogens is 2. The van der Waals surface area contributed by atoms with Crippen LogP contribution in [-0.2, 0) is 14.0 Å². The molecule has 19 heavy (non-hydrogen) atoms. The molecule has 0 aliphatic heterocycles. The van der Waals surface area contributed by atoms with E-state index in [1.165, 1.54) is 19.4 Å².